The van der Waals surface area contributed by atoms with Gasteiger partial charge in [-0.2, -0.15) is 0 Å². The maximum atomic E-state index is 5.66. The Kier molecular flexibility index (Phi) is 4.70. The quantitative estimate of drug-likeness (QED) is 0.515. The minimum absolute atomic E-state index is 0.525. The monoisotopic (exact) mass is 420 g/mol. The average Bonchev–Trinajstić information content (AvgIpc) is 2.49. The Hall–Kier alpha value is -1.92. The Balaban J connectivity index is 1.70. The van der Waals surface area contributed by atoms with Crippen LogP contribution in [0.2, 0.25) is 0 Å². The third-order valence-electron chi connectivity index (χ3n) is 2.65. The molecular formula is C16H10Br2N2O2. The van der Waals surface area contributed by atoms with E-state index in [0.29, 0.717) is 23.3 Å². The molecule has 3 rings (SSSR count). The number of halogens is 2. The van der Waals surface area contributed by atoms with E-state index in [1.165, 1.54) is 0 Å². The molecule has 4 nitrogen and oxygen atoms in total. The number of hydrogen-bond donors (Lipinski definition) is 0. The minimum atomic E-state index is 0.525. The molecule has 0 N–H and O–H groups in total. The van der Waals surface area contributed by atoms with Crippen LogP contribution in [0.4, 0.5) is 0 Å². The molecular weight excluding hydrogens is 412 g/mol. The molecule has 6 heteroatoms. The Bertz CT molecular complexity index is 713. The Morgan fingerprint density at radius 1 is 0.591 bits per heavy atom. The smallest absolute Gasteiger partial charge is 0.220 e. The number of hydrogen-bond acceptors (Lipinski definition) is 4. The first-order valence-corrected chi connectivity index (χ1v) is 7.98. The summed E-state index contributed by atoms with van der Waals surface area (Å²) >= 11 is 6.62. The van der Waals surface area contributed by atoms with Crippen molar-refractivity contribution in [3.63, 3.8) is 0 Å². The van der Waals surface area contributed by atoms with Crippen molar-refractivity contribution in [3.05, 3.63) is 69.9 Å². The van der Waals surface area contributed by atoms with E-state index < -0.39 is 0 Å². The first-order valence-electron chi connectivity index (χ1n) is 6.40. The highest BCUT2D eigenvalue weighted by atomic mass is 79.9. The van der Waals surface area contributed by atoms with Crippen LogP contribution in [0.3, 0.4) is 0 Å². The van der Waals surface area contributed by atoms with Crippen LogP contribution >= 0.6 is 31.9 Å². The molecule has 22 heavy (non-hydrogen) atoms. The van der Waals surface area contributed by atoms with Gasteiger partial charge in [-0.05, 0) is 68.3 Å². The number of benzene rings is 1. The van der Waals surface area contributed by atoms with E-state index in [4.69, 9.17) is 9.47 Å². The predicted molar refractivity (Wildman–Crippen MR) is 90.5 cm³/mol. The molecule has 0 aliphatic carbocycles. The maximum Gasteiger partial charge on any atom is 0.220 e. The van der Waals surface area contributed by atoms with Gasteiger partial charge in [0.15, 0.2) is 0 Å². The zero-order valence-corrected chi connectivity index (χ0v) is 14.4. The normalized spacial score (nSPS) is 10.3. The van der Waals surface area contributed by atoms with E-state index in [2.05, 4.69) is 41.8 Å². The third kappa shape index (κ3) is 4.05. The minimum Gasteiger partial charge on any atom is -0.439 e. The summed E-state index contributed by atoms with van der Waals surface area (Å²) in [6.07, 6.45) is 0. The zero-order valence-electron chi connectivity index (χ0n) is 11.2. The van der Waals surface area contributed by atoms with Gasteiger partial charge in [0.1, 0.15) is 20.7 Å². The third-order valence-corrected chi connectivity index (χ3v) is 3.53. The average molecular weight is 422 g/mol. The number of nitrogens with zero attached hydrogens (tertiary/aromatic N) is 2. The molecule has 0 unspecified atom stereocenters. The number of rotatable bonds is 4. The van der Waals surface area contributed by atoms with E-state index in [1.54, 1.807) is 12.1 Å². The second-order valence-corrected chi connectivity index (χ2v) is 5.90. The largest absolute Gasteiger partial charge is 0.439 e. The molecule has 0 fully saturated rings. The molecule has 0 saturated heterocycles. The van der Waals surface area contributed by atoms with Crippen molar-refractivity contribution in [3.8, 4) is 23.3 Å². The Morgan fingerprint density at radius 2 is 1.00 bits per heavy atom. The number of pyridine rings is 2. The molecule has 0 radical (unpaired) electrons. The number of ether oxygens (including phenoxy) is 2. The van der Waals surface area contributed by atoms with E-state index in [1.807, 2.05) is 48.5 Å². The van der Waals surface area contributed by atoms with Crippen LogP contribution in [0.15, 0.2) is 69.9 Å². The van der Waals surface area contributed by atoms with E-state index in [0.717, 1.165) is 9.21 Å². The number of aromatic nitrogens is 2. The van der Waals surface area contributed by atoms with Crippen molar-refractivity contribution in [1.82, 2.24) is 9.97 Å². The first-order chi connectivity index (χ1) is 10.7. The van der Waals surface area contributed by atoms with Gasteiger partial charge in [-0.25, -0.2) is 9.97 Å². The van der Waals surface area contributed by atoms with Crippen LogP contribution in [0, 0.1) is 0 Å². The van der Waals surface area contributed by atoms with Crippen molar-refractivity contribution >= 4 is 31.9 Å². The lowest BCUT2D eigenvalue weighted by Gasteiger charge is -2.07. The second-order valence-electron chi connectivity index (χ2n) is 4.27. The highest BCUT2D eigenvalue weighted by Crippen LogP contribution is 2.26. The van der Waals surface area contributed by atoms with Crippen molar-refractivity contribution in [2.45, 2.75) is 0 Å². The molecule has 0 amide bonds. The Morgan fingerprint density at radius 3 is 1.36 bits per heavy atom. The van der Waals surface area contributed by atoms with Crippen molar-refractivity contribution < 1.29 is 9.47 Å². The van der Waals surface area contributed by atoms with Crippen molar-refractivity contribution in [1.29, 1.82) is 0 Å². The van der Waals surface area contributed by atoms with Crippen LogP contribution in [0.1, 0.15) is 0 Å². The summed E-state index contributed by atoms with van der Waals surface area (Å²) in [6.45, 7) is 0. The highest BCUT2D eigenvalue weighted by Gasteiger charge is 2.02. The van der Waals surface area contributed by atoms with Crippen LogP contribution < -0.4 is 9.47 Å². The topological polar surface area (TPSA) is 44.2 Å². The molecule has 0 bridgehead atoms. The first kappa shape index (κ1) is 15.0. The summed E-state index contributed by atoms with van der Waals surface area (Å²) in [5.74, 6) is 2.41. The van der Waals surface area contributed by atoms with Gasteiger partial charge in [0.2, 0.25) is 11.8 Å². The summed E-state index contributed by atoms with van der Waals surface area (Å²) in [5, 5.41) is 0. The van der Waals surface area contributed by atoms with Crippen LogP contribution in [0.25, 0.3) is 0 Å². The fraction of sp³-hybridized carbons (Fsp3) is 0. The van der Waals surface area contributed by atoms with Crippen molar-refractivity contribution in [2.24, 2.45) is 0 Å². The molecule has 2 heterocycles. The van der Waals surface area contributed by atoms with Gasteiger partial charge in [-0.15, -0.1) is 0 Å². The standard InChI is InChI=1S/C16H10Br2N2O2/c17-13-3-1-5-15(19-13)21-11-7-9-12(10-8-11)22-16-6-2-4-14(18)20-16/h1-10H. The molecule has 1 aromatic carbocycles. The van der Waals surface area contributed by atoms with Gasteiger partial charge in [0, 0.05) is 12.1 Å². The summed E-state index contributed by atoms with van der Waals surface area (Å²) in [5.41, 5.74) is 0. The van der Waals surface area contributed by atoms with Gasteiger partial charge in [0.25, 0.3) is 0 Å². The van der Waals surface area contributed by atoms with Gasteiger partial charge in [-0.1, -0.05) is 12.1 Å². The van der Waals surface area contributed by atoms with Crippen LogP contribution in [0.5, 0.6) is 23.3 Å². The molecule has 2 aromatic heterocycles. The van der Waals surface area contributed by atoms with Gasteiger partial charge >= 0.3 is 0 Å². The van der Waals surface area contributed by atoms with E-state index >= 15 is 0 Å². The summed E-state index contributed by atoms with van der Waals surface area (Å²) < 4.78 is 12.8. The van der Waals surface area contributed by atoms with Gasteiger partial charge < -0.3 is 9.47 Å². The van der Waals surface area contributed by atoms with Crippen LogP contribution in [-0.4, -0.2) is 9.97 Å². The maximum absolute atomic E-state index is 5.66. The predicted octanol–water partition coefficient (Wildman–Crippen LogP) is 5.59. The second kappa shape index (κ2) is 6.89. The van der Waals surface area contributed by atoms with Crippen molar-refractivity contribution in [2.75, 3.05) is 0 Å². The summed E-state index contributed by atoms with van der Waals surface area (Å²) in [6, 6.07) is 18.3. The van der Waals surface area contributed by atoms with E-state index in [9.17, 15) is 0 Å². The van der Waals surface area contributed by atoms with Gasteiger partial charge in [-0.3, -0.25) is 0 Å². The highest BCUT2D eigenvalue weighted by molar-refractivity contribution is 9.10. The molecule has 0 aliphatic heterocycles. The zero-order chi connectivity index (χ0) is 15.4. The van der Waals surface area contributed by atoms with Gasteiger partial charge in [0.05, 0.1) is 0 Å². The lowest BCUT2D eigenvalue weighted by atomic mass is 10.3. The SMILES string of the molecule is Brc1cccc(Oc2ccc(Oc3cccc(Br)n3)cc2)n1. The lowest BCUT2D eigenvalue weighted by molar-refractivity contribution is 0.449. The fourth-order valence-electron chi connectivity index (χ4n) is 1.71. The summed E-state index contributed by atoms with van der Waals surface area (Å²) in [7, 11) is 0. The van der Waals surface area contributed by atoms with E-state index in [-0.39, 0.29) is 0 Å². The molecule has 0 saturated carbocycles. The fourth-order valence-corrected chi connectivity index (χ4v) is 2.36. The van der Waals surface area contributed by atoms with Crippen LogP contribution in [-0.2, 0) is 0 Å². The molecule has 110 valence electrons. The summed E-state index contributed by atoms with van der Waals surface area (Å²) in [4.78, 5) is 8.43. The Labute approximate surface area is 144 Å². The molecule has 3 aromatic rings. The molecule has 0 spiro atoms. The lowest BCUT2D eigenvalue weighted by Crippen LogP contribution is -1.90. The molecule has 0 aliphatic rings. The molecule has 0 atom stereocenters.